The van der Waals surface area contributed by atoms with E-state index in [2.05, 4.69) is 39.0 Å². The molecule has 3 rings (SSSR count). The Kier molecular flexibility index (Phi) is 3.86. The predicted octanol–water partition coefficient (Wildman–Crippen LogP) is 4.10. The zero-order valence-corrected chi connectivity index (χ0v) is 13.2. The van der Waals surface area contributed by atoms with Crippen LogP contribution < -0.4 is 10.6 Å². The van der Waals surface area contributed by atoms with Crippen LogP contribution in [0.15, 0.2) is 22.7 Å². The molecule has 0 aliphatic heterocycles. The minimum absolute atomic E-state index is 0.0868. The maximum Gasteiger partial charge on any atom is 0.0377 e. The van der Waals surface area contributed by atoms with Crippen molar-refractivity contribution in [2.75, 3.05) is 18.0 Å². The first-order chi connectivity index (χ1) is 9.13. The third kappa shape index (κ3) is 3.51. The summed E-state index contributed by atoms with van der Waals surface area (Å²) in [6.07, 6.45) is 5.67. The number of rotatable bonds is 6. The molecule has 2 saturated carbocycles. The van der Waals surface area contributed by atoms with Gasteiger partial charge in [-0.25, -0.2) is 0 Å². The van der Waals surface area contributed by atoms with Gasteiger partial charge in [0.05, 0.1) is 0 Å². The highest BCUT2D eigenvalue weighted by Gasteiger charge is 2.29. The minimum atomic E-state index is 0.0868. The van der Waals surface area contributed by atoms with Gasteiger partial charge in [-0.05, 0) is 62.1 Å². The summed E-state index contributed by atoms with van der Waals surface area (Å²) < 4.78 is 1.15. The van der Waals surface area contributed by atoms with Crippen molar-refractivity contribution < 1.29 is 0 Å². The molecule has 2 aliphatic carbocycles. The number of nitrogens with zero attached hydrogens (tertiary/aromatic N) is 1. The van der Waals surface area contributed by atoms with Crippen molar-refractivity contribution in [3.8, 4) is 0 Å². The van der Waals surface area contributed by atoms with Crippen LogP contribution in [0.4, 0.5) is 5.69 Å². The highest BCUT2D eigenvalue weighted by Crippen LogP contribution is 2.37. The Morgan fingerprint density at radius 1 is 1.21 bits per heavy atom. The van der Waals surface area contributed by atoms with Crippen molar-refractivity contribution in [3.63, 3.8) is 0 Å². The number of halogens is 1. The summed E-state index contributed by atoms with van der Waals surface area (Å²) in [5, 5.41) is 0. The maximum absolute atomic E-state index is 5.98. The van der Waals surface area contributed by atoms with Gasteiger partial charge >= 0.3 is 0 Å². The van der Waals surface area contributed by atoms with E-state index < -0.39 is 0 Å². The van der Waals surface area contributed by atoms with Gasteiger partial charge in [0.2, 0.25) is 0 Å². The van der Waals surface area contributed by atoms with Gasteiger partial charge in [0.15, 0.2) is 0 Å². The van der Waals surface area contributed by atoms with Gasteiger partial charge in [0.1, 0.15) is 0 Å². The van der Waals surface area contributed by atoms with Gasteiger partial charge in [-0.2, -0.15) is 0 Å². The number of hydrogen-bond donors (Lipinski definition) is 1. The van der Waals surface area contributed by atoms with E-state index in [9.17, 15) is 0 Å². The Balaban J connectivity index is 1.77. The maximum atomic E-state index is 5.98. The molecule has 2 fully saturated rings. The van der Waals surface area contributed by atoms with E-state index in [-0.39, 0.29) is 6.04 Å². The fraction of sp³-hybridized carbons (Fsp3) is 0.625. The average molecular weight is 323 g/mol. The number of nitrogens with two attached hydrogens (primary N) is 1. The fourth-order valence-electron chi connectivity index (χ4n) is 2.59. The van der Waals surface area contributed by atoms with Crippen LogP contribution in [0.3, 0.4) is 0 Å². The van der Waals surface area contributed by atoms with Crippen molar-refractivity contribution in [2.24, 2.45) is 17.6 Å². The highest BCUT2D eigenvalue weighted by atomic mass is 79.9. The lowest BCUT2D eigenvalue weighted by Crippen LogP contribution is -2.28. The Morgan fingerprint density at radius 3 is 2.21 bits per heavy atom. The number of benzene rings is 1. The zero-order valence-electron chi connectivity index (χ0n) is 11.6. The SMILES string of the molecule is C[C@H](N)c1ccc(N(CC2CC2)CC2CC2)cc1Br. The molecule has 2 aliphatic rings. The molecule has 2 nitrogen and oxygen atoms in total. The van der Waals surface area contributed by atoms with E-state index in [1.165, 1.54) is 50.0 Å². The van der Waals surface area contributed by atoms with Crippen LogP contribution in [0.25, 0.3) is 0 Å². The van der Waals surface area contributed by atoms with Crippen molar-refractivity contribution in [1.29, 1.82) is 0 Å². The summed E-state index contributed by atoms with van der Waals surface area (Å²) in [6, 6.07) is 6.76. The third-order valence-corrected chi connectivity index (χ3v) is 4.88. The molecule has 0 spiro atoms. The predicted molar refractivity (Wildman–Crippen MR) is 84.4 cm³/mol. The molecule has 0 aromatic heterocycles. The molecule has 1 aromatic rings. The minimum Gasteiger partial charge on any atom is -0.371 e. The van der Waals surface area contributed by atoms with E-state index >= 15 is 0 Å². The fourth-order valence-corrected chi connectivity index (χ4v) is 3.32. The van der Waals surface area contributed by atoms with Gasteiger partial charge in [0, 0.05) is 29.3 Å². The van der Waals surface area contributed by atoms with Crippen molar-refractivity contribution in [3.05, 3.63) is 28.2 Å². The normalized spacial score (nSPS) is 20.4. The summed E-state index contributed by atoms with van der Waals surface area (Å²) in [5.41, 5.74) is 8.53. The molecule has 1 aromatic carbocycles. The lowest BCUT2D eigenvalue weighted by Gasteiger charge is -2.26. The first kappa shape index (κ1) is 13.4. The molecule has 0 heterocycles. The Labute approximate surface area is 124 Å². The van der Waals surface area contributed by atoms with Crippen molar-refractivity contribution in [2.45, 2.75) is 38.6 Å². The van der Waals surface area contributed by atoms with E-state index in [1.807, 2.05) is 6.92 Å². The van der Waals surface area contributed by atoms with Crippen LogP contribution in [-0.2, 0) is 0 Å². The summed E-state index contributed by atoms with van der Waals surface area (Å²) in [7, 11) is 0. The monoisotopic (exact) mass is 322 g/mol. The zero-order chi connectivity index (χ0) is 13.4. The van der Waals surface area contributed by atoms with Gasteiger partial charge in [-0.3, -0.25) is 0 Å². The van der Waals surface area contributed by atoms with Crippen LogP contribution in [0.2, 0.25) is 0 Å². The molecular weight excluding hydrogens is 300 g/mol. The van der Waals surface area contributed by atoms with Crippen LogP contribution in [0.5, 0.6) is 0 Å². The molecule has 0 amide bonds. The summed E-state index contributed by atoms with van der Waals surface area (Å²) in [4.78, 5) is 2.59. The van der Waals surface area contributed by atoms with Crippen LogP contribution in [0, 0.1) is 11.8 Å². The Hall–Kier alpha value is -0.540. The second-order valence-electron chi connectivity index (χ2n) is 6.29. The molecule has 0 radical (unpaired) electrons. The molecule has 0 saturated heterocycles. The summed E-state index contributed by atoms with van der Waals surface area (Å²) >= 11 is 3.67. The van der Waals surface area contributed by atoms with E-state index in [1.54, 1.807) is 0 Å². The Morgan fingerprint density at radius 2 is 1.79 bits per heavy atom. The lowest BCUT2D eigenvalue weighted by atomic mass is 10.1. The third-order valence-electron chi connectivity index (χ3n) is 4.19. The van der Waals surface area contributed by atoms with Crippen molar-refractivity contribution >= 4 is 21.6 Å². The average Bonchev–Trinajstić information content (AvgIpc) is 3.22. The summed E-state index contributed by atoms with van der Waals surface area (Å²) in [5.74, 6) is 1.87. The topological polar surface area (TPSA) is 29.3 Å². The number of anilines is 1. The van der Waals surface area contributed by atoms with Crippen LogP contribution in [0.1, 0.15) is 44.2 Å². The first-order valence-corrected chi connectivity index (χ1v) is 8.22. The summed E-state index contributed by atoms with van der Waals surface area (Å²) in [6.45, 7) is 4.51. The first-order valence-electron chi connectivity index (χ1n) is 7.43. The van der Waals surface area contributed by atoms with Crippen LogP contribution >= 0.6 is 15.9 Å². The van der Waals surface area contributed by atoms with Gasteiger partial charge in [-0.1, -0.05) is 22.0 Å². The molecule has 0 unspecified atom stereocenters. The van der Waals surface area contributed by atoms with Gasteiger partial charge in [-0.15, -0.1) is 0 Å². The highest BCUT2D eigenvalue weighted by molar-refractivity contribution is 9.10. The molecule has 3 heteroatoms. The second-order valence-corrected chi connectivity index (χ2v) is 7.14. The largest absolute Gasteiger partial charge is 0.371 e. The van der Waals surface area contributed by atoms with E-state index in [0.29, 0.717) is 0 Å². The molecule has 1 atom stereocenters. The quantitative estimate of drug-likeness (QED) is 0.854. The molecule has 0 bridgehead atoms. The van der Waals surface area contributed by atoms with E-state index in [4.69, 9.17) is 5.73 Å². The van der Waals surface area contributed by atoms with Crippen LogP contribution in [-0.4, -0.2) is 13.1 Å². The van der Waals surface area contributed by atoms with Gasteiger partial charge in [0.25, 0.3) is 0 Å². The molecule has 2 N–H and O–H groups in total. The molecule has 19 heavy (non-hydrogen) atoms. The van der Waals surface area contributed by atoms with E-state index in [0.717, 1.165) is 16.3 Å². The van der Waals surface area contributed by atoms with Crippen molar-refractivity contribution in [1.82, 2.24) is 0 Å². The lowest BCUT2D eigenvalue weighted by molar-refractivity contribution is 0.679. The smallest absolute Gasteiger partial charge is 0.0377 e. The second kappa shape index (κ2) is 5.45. The molecule has 104 valence electrons. The standard InChI is InChI=1S/C16H23BrN2/c1-11(18)15-7-6-14(8-16(15)17)19(9-12-2-3-12)10-13-4-5-13/h6-8,11-13H,2-5,9-10,18H2,1H3/t11-/m0/s1. The van der Waals surface area contributed by atoms with Gasteiger partial charge < -0.3 is 10.6 Å². The Bertz CT molecular complexity index is 436. The molecular formula is C16H23BrN2. The number of hydrogen-bond acceptors (Lipinski definition) is 2.